The highest BCUT2D eigenvalue weighted by Gasteiger charge is 2.19. The van der Waals surface area contributed by atoms with Crippen LogP contribution in [0.2, 0.25) is 0 Å². The Kier molecular flexibility index (Phi) is 6.45. The number of imidazole rings is 1. The van der Waals surface area contributed by atoms with Crippen molar-refractivity contribution in [3.63, 3.8) is 0 Å². The van der Waals surface area contributed by atoms with Gasteiger partial charge in [0.1, 0.15) is 22.9 Å². The molecule has 4 aromatic rings. The van der Waals surface area contributed by atoms with Gasteiger partial charge in [-0.05, 0) is 41.8 Å². The van der Waals surface area contributed by atoms with Gasteiger partial charge in [-0.2, -0.15) is 0 Å². The molecule has 2 aromatic heterocycles. The van der Waals surface area contributed by atoms with E-state index in [1.165, 1.54) is 20.7 Å². The van der Waals surface area contributed by atoms with E-state index in [1.54, 1.807) is 19.2 Å². The molecule has 7 nitrogen and oxygen atoms in total. The first kappa shape index (κ1) is 21.9. The minimum atomic E-state index is -0.330. The number of hydrogen-bond donors (Lipinski definition) is 2. The molecule has 0 unspecified atom stereocenters. The fourth-order valence-corrected chi connectivity index (χ4v) is 3.77. The molecule has 2 heterocycles. The van der Waals surface area contributed by atoms with E-state index in [-0.39, 0.29) is 18.1 Å². The zero-order chi connectivity index (χ0) is 22.7. The van der Waals surface area contributed by atoms with Gasteiger partial charge < -0.3 is 10.1 Å². The van der Waals surface area contributed by atoms with Crippen LogP contribution < -0.4 is 15.7 Å². The summed E-state index contributed by atoms with van der Waals surface area (Å²) in [5.74, 6) is 1.64. The molecule has 2 aromatic carbocycles. The highest BCUT2D eigenvalue weighted by atomic mass is 32.1. The number of hydrogen-bond acceptors (Lipinski definition) is 6. The second kappa shape index (κ2) is 9.44. The Balaban J connectivity index is 1.74. The molecule has 9 heteroatoms. The number of halogens is 1. The summed E-state index contributed by atoms with van der Waals surface area (Å²) in [6.45, 7) is 2.81. The number of fused-ring (bicyclic) bond motifs is 1. The van der Waals surface area contributed by atoms with Crippen LogP contribution in [0.4, 0.5) is 10.2 Å². The van der Waals surface area contributed by atoms with E-state index < -0.39 is 0 Å². The normalized spacial score (nSPS) is 11.1. The zero-order valence-corrected chi connectivity index (χ0v) is 18.8. The number of aryl methyl sites for hydroxylation is 1. The number of aromatic nitrogens is 4. The van der Waals surface area contributed by atoms with Gasteiger partial charge >= 0.3 is 5.69 Å². The van der Waals surface area contributed by atoms with Crippen molar-refractivity contribution >= 4 is 29.8 Å². The molecule has 166 valence electrons. The molecule has 0 aliphatic rings. The number of rotatable bonds is 8. The topological polar surface area (TPSA) is 74.0 Å². The third-order valence-electron chi connectivity index (χ3n) is 5.14. The number of nitrogens with one attached hydrogen (secondary N) is 1. The highest BCUT2D eigenvalue weighted by Crippen LogP contribution is 2.23. The number of benzene rings is 2. The number of anilines is 1. The minimum absolute atomic E-state index is 0.254. The Hall–Kier alpha value is -3.33. The van der Waals surface area contributed by atoms with Gasteiger partial charge in [-0.1, -0.05) is 44.0 Å². The number of methoxy groups -OCH3 is 1. The lowest BCUT2D eigenvalue weighted by Crippen LogP contribution is -2.21. The van der Waals surface area contributed by atoms with Gasteiger partial charge in [-0.25, -0.2) is 23.1 Å². The molecule has 0 aliphatic heterocycles. The Morgan fingerprint density at radius 1 is 1.06 bits per heavy atom. The lowest BCUT2D eigenvalue weighted by Gasteiger charge is -2.10. The first-order chi connectivity index (χ1) is 15.5. The second-order valence-corrected chi connectivity index (χ2v) is 7.82. The van der Waals surface area contributed by atoms with Gasteiger partial charge in [0.05, 0.1) is 13.7 Å². The molecular formula is C23H24FN5O2S. The van der Waals surface area contributed by atoms with Crippen LogP contribution >= 0.6 is 12.8 Å². The summed E-state index contributed by atoms with van der Waals surface area (Å²) in [5.41, 5.74) is 2.49. The fraction of sp³-hybridized carbons (Fsp3) is 0.261. The molecule has 0 saturated heterocycles. The third-order valence-corrected chi connectivity index (χ3v) is 5.51. The average Bonchev–Trinajstić information content (AvgIpc) is 3.04. The molecule has 0 saturated carbocycles. The van der Waals surface area contributed by atoms with E-state index in [4.69, 9.17) is 4.74 Å². The van der Waals surface area contributed by atoms with Crippen molar-refractivity contribution in [3.05, 3.63) is 81.8 Å². The van der Waals surface area contributed by atoms with Crippen molar-refractivity contribution in [2.45, 2.75) is 32.9 Å². The van der Waals surface area contributed by atoms with Gasteiger partial charge in [0.25, 0.3) is 0 Å². The predicted octanol–water partition coefficient (Wildman–Crippen LogP) is 4.05. The summed E-state index contributed by atoms with van der Waals surface area (Å²) in [5, 5.41) is 3.33. The number of nitrogens with zero attached hydrogens (tertiary/aromatic N) is 4. The lowest BCUT2D eigenvalue weighted by molar-refractivity contribution is 0.414. The van der Waals surface area contributed by atoms with E-state index in [2.05, 4.69) is 28.1 Å². The van der Waals surface area contributed by atoms with Gasteiger partial charge in [-0.15, -0.1) is 0 Å². The predicted molar refractivity (Wildman–Crippen MR) is 126 cm³/mol. The van der Waals surface area contributed by atoms with Crippen LogP contribution in [0, 0.1) is 5.82 Å². The lowest BCUT2D eigenvalue weighted by atomic mass is 10.2. The van der Waals surface area contributed by atoms with Crippen LogP contribution in [0.25, 0.3) is 11.2 Å². The van der Waals surface area contributed by atoms with Gasteiger partial charge in [-0.3, -0.25) is 4.57 Å². The largest absolute Gasteiger partial charge is 0.497 e. The Morgan fingerprint density at radius 2 is 1.75 bits per heavy atom. The first-order valence-corrected chi connectivity index (χ1v) is 10.7. The fourth-order valence-electron chi connectivity index (χ4n) is 3.47. The van der Waals surface area contributed by atoms with Crippen molar-refractivity contribution in [2.75, 3.05) is 12.4 Å². The molecule has 0 bridgehead atoms. The molecule has 0 atom stereocenters. The van der Waals surface area contributed by atoms with Crippen LogP contribution in [-0.2, 0) is 19.5 Å². The van der Waals surface area contributed by atoms with Crippen molar-refractivity contribution in [3.8, 4) is 5.75 Å². The van der Waals surface area contributed by atoms with E-state index in [1.807, 2.05) is 31.2 Å². The molecule has 0 spiro atoms. The first-order valence-electron chi connectivity index (χ1n) is 10.3. The second-order valence-electron chi connectivity index (χ2n) is 7.42. The molecule has 4 rings (SSSR count). The third kappa shape index (κ3) is 4.47. The molecular weight excluding hydrogens is 429 g/mol. The smallest absolute Gasteiger partial charge is 0.340 e. The van der Waals surface area contributed by atoms with Crippen LogP contribution in [0.5, 0.6) is 5.75 Å². The summed E-state index contributed by atoms with van der Waals surface area (Å²) in [6, 6.07) is 13.8. The maximum atomic E-state index is 13.3. The van der Waals surface area contributed by atoms with E-state index in [9.17, 15) is 9.18 Å². The van der Waals surface area contributed by atoms with Gasteiger partial charge in [0, 0.05) is 13.0 Å². The molecule has 0 radical (unpaired) electrons. The van der Waals surface area contributed by atoms with Gasteiger partial charge in [0.2, 0.25) is 0 Å². The summed E-state index contributed by atoms with van der Waals surface area (Å²) in [6.07, 6.45) is 1.54. The summed E-state index contributed by atoms with van der Waals surface area (Å²) < 4.78 is 21.3. The maximum absolute atomic E-state index is 13.3. The van der Waals surface area contributed by atoms with Crippen LogP contribution in [0.3, 0.4) is 0 Å². The van der Waals surface area contributed by atoms with Crippen LogP contribution in [0.15, 0.2) is 53.3 Å². The van der Waals surface area contributed by atoms with Gasteiger partial charge in [0.15, 0.2) is 11.5 Å². The number of ether oxygens (including phenoxy) is 1. The van der Waals surface area contributed by atoms with E-state index in [0.29, 0.717) is 35.8 Å². The molecule has 0 aliphatic carbocycles. The Morgan fingerprint density at radius 3 is 2.41 bits per heavy atom. The van der Waals surface area contributed by atoms with Crippen molar-refractivity contribution in [1.29, 1.82) is 0 Å². The standard InChI is InChI=1S/C23H24FN5O2S/c1-3-4-19-26-21(25-13-15-7-11-18(31-2)12-8-15)20-22(27-19)28(23(30)29(20)32)14-16-5-9-17(24)10-6-16/h5-12,32H,3-4,13-14H2,1-2H3,(H,25,26,27). The molecule has 0 amide bonds. The molecule has 0 fully saturated rings. The van der Waals surface area contributed by atoms with Crippen molar-refractivity contribution < 1.29 is 9.13 Å². The van der Waals surface area contributed by atoms with Crippen LogP contribution in [-0.4, -0.2) is 25.6 Å². The van der Waals surface area contributed by atoms with Crippen LogP contribution in [0.1, 0.15) is 30.3 Å². The SMILES string of the molecule is CCCc1nc(NCc2ccc(OC)cc2)c2c(n1)n(Cc1ccc(F)cc1)c(=O)n2S. The quantitative estimate of drug-likeness (QED) is 0.394. The van der Waals surface area contributed by atoms with Crippen molar-refractivity contribution in [1.82, 2.24) is 18.5 Å². The molecule has 1 N–H and O–H groups in total. The summed E-state index contributed by atoms with van der Waals surface area (Å²) in [7, 11) is 1.63. The average molecular weight is 454 g/mol. The minimum Gasteiger partial charge on any atom is -0.497 e. The van der Waals surface area contributed by atoms with Crippen molar-refractivity contribution in [2.24, 2.45) is 0 Å². The zero-order valence-electron chi connectivity index (χ0n) is 17.9. The van der Waals surface area contributed by atoms with E-state index in [0.717, 1.165) is 23.3 Å². The Labute approximate surface area is 190 Å². The Bertz CT molecular complexity index is 1280. The van der Waals surface area contributed by atoms with E-state index >= 15 is 0 Å². The maximum Gasteiger partial charge on any atom is 0.340 e. The monoisotopic (exact) mass is 453 g/mol. The number of thiol groups is 1. The summed E-state index contributed by atoms with van der Waals surface area (Å²) in [4.78, 5) is 22.3. The summed E-state index contributed by atoms with van der Waals surface area (Å²) >= 11 is 4.42. The molecule has 32 heavy (non-hydrogen) atoms. The highest BCUT2D eigenvalue weighted by molar-refractivity contribution is 7.78.